The van der Waals surface area contributed by atoms with Crippen LogP contribution in [0.2, 0.25) is 13.3 Å². The van der Waals surface area contributed by atoms with E-state index < -0.39 is 30.9 Å². The summed E-state index contributed by atoms with van der Waals surface area (Å²) in [7, 11) is 0. The van der Waals surface area contributed by atoms with Crippen molar-refractivity contribution in [3.63, 3.8) is 0 Å². The van der Waals surface area contributed by atoms with Crippen LogP contribution in [0, 0.1) is 0 Å². The third-order valence-corrected chi connectivity index (χ3v) is 21.5. The maximum atomic E-state index is 13.3. The molecule has 0 saturated heterocycles. The fourth-order valence-electron chi connectivity index (χ4n) is 6.16. The van der Waals surface area contributed by atoms with Crippen LogP contribution in [-0.2, 0) is 17.4 Å². The first-order valence-electron chi connectivity index (χ1n) is 17.6. The summed E-state index contributed by atoms with van der Waals surface area (Å²) in [5, 5.41) is 10.6. The number of carbonyl (C=O) groups is 2. The van der Waals surface area contributed by atoms with Crippen LogP contribution in [0.15, 0.2) is 0 Å². The van der Waals surface area contributed by atoms with Gasteiger partial charge in [-0.2, -0.15) is 0 Å². The van der Waals surface area contributed by atoms with Gasteiger partial charge in [-0.05, 0) is 0 Å². The molecule has 6 heteroatoms. The third kappa shape index (κ3) is 19.0. The molecular weight excluding hydrogens is 607 g/mol. The van der Waals surface area contributed by atoms with Crippen LogP contribution in [0.3, 0.4) is 0 Å². The number of aliphatic hydroxyl groups excluding tert-OH is 1. The van der Waals surface area contributed by atoms with Crippen molar-refractivity contribution in [3.8, 4) is 0 Å². The van der Waals surface area contributed by atoms with Gasteiger partial charge in [0.2, 0.25) is 0 Å². The summed E-state index contributed by atoms with van der Waals surface area (Å²) < 4.78 is 15.4. The topological polar surface area (TPSA) is 72.8 Å². The summed E-state index contributed by atoms with van der Waals surface area (Å²) in [6, 6.07) is 0. The molecule has 0 aromatic heterocycles. The minimum absolute atomic E-state index is 0.113. The molecule has 0 bridgehead atoms. The summed E-state index contributed by atoms with van der Waals surface area (Å²) in [5.41, 5.74) is 0. The third-order valence-electron chi connectivity index (χ3n) is 8.76. The zero-order valence-corrected chi connectivity index (χ0v) is 29.7. The van der Waals surface area contributed by atoms with Crippen LogP contribution in [0.4, 0.5) is 0 Å². The van der Waals surface area contributed by atoms with Crippen LogP contribution in [0.5, 0.6) is 0 Å². The Hall–Kier alpha value is -0.301. The molecule has 40 heavy (non-hydrogen) atoms. The summed E-state index contributed by atoms with van der Waals surface area (Å²) in [5.74, 6) is -1.00. The van der Waals surface area contributed by atoms with E-state index in [-0.39, 0.29) is 18.5 Å². The first-order valence-corrected chi connectivity index (χ1v) is 24.8. The molecule has 1 aliphatic carbocycles. The van der Waals surface area contributed by atoms with Gasteiger partial charge in [0.25, 0.3) is 0 Å². The van der Waals surface area contributed by atoms with E-state index in [2.05, 4.69) is 20.8 Å². The van der Waals surface area contributed by atoms with Crippen LogP contribution in [0.25, 0.3) is 0 Å². The minimum atomic E-state index is -3.26. The molecule has 1 saturated carbocycles. The Labute approximate surface area is 252 Å². The zero-order valence-electron chi connectivity index (χ0n) is 26.8. The van der Waals surface area contributed by atoms with Crippen molar-refractivity contribution < 1.29 is 22.5 Å². The normalized spacial score (nSPS) is 15.2. The number of aliphatic hydroxyl groups is 1. The van der Waals surface area contributed by atoms with Crippen molar-refractivity contribution in [1.29, 1.82) is 0 Å². The molecule has 0 aliphatic heterocycles. The van der Waals surface area contributed by atoms with Gasteiger partial charge in [-0.3, -0.25) is 0 Å². The van der Waals surface area contributed by atoms with Gasteiger partial charge in [0, 0.05) is 0 Å². The monoisotopic (exact) mass is 674 g/mol. The molecule has 0 aromatic rings. The number of carbonyl (C=O) groups excluding carboxylic acids is 2. The second-order valence-corrected chi connectivity index (χ2v) is 24.2. The van der Waals surface area contributed by atoms with Gasteiger partial charge in [0.05, 0.1) is 0 Å². The molecule has 0 aromatic carbocycles. The summed E-state index contributed by atoms with van der Waals surface area (Å²) in [6.07, 6.45) is 25.7. The van der Waals surface area contributed by atoms with Gasteiger partial charge >= 0.3 is 254 Å². The van der Waals surface area contributed by atoms with Gasteiger partial charge in [0.1, 0.15) is 0 Å². The van der Waals surface area contributed by atoms with Crippen LogP contribution >= 0.6 is 0 Å². The fourth-order valence-corrected chi connectivity index (χ4v) is 18.4. The average Bonchev–Trinajstić information content (AvgIpc) is 2.95. The van der Waals surface area contributed by atoms with E-state index in [1.165, 1.54) is 103 Å². The molecule has 0 heterocycles. The SMILES string of the molecule is CCCCCCC[CH2][Sn]([CH2]CCCCCCC)([CH2]CCCCCCC)[O]C(=O)CC(O)C(=O)OC1CCCCC1. The predicted molar refractivity (Wildman–Crippen MR) is 170 cm³/mol. The van der Waals surface area contributed by atoms with Gasteiger partial charge < -0.3 is 0 Å². The van der Waals surface area contributed by atoms with Crippen LogP contribution in [-0.4, -0.2) is 48.0 Å². The van der Waals surface area contributed by atoms with Crippen molar-refractivity contribution in [1.82, 2.24) is 0 Å². The van der Waals surface area contributed by atoms with E-state index in [4.69, 9.17) is 7.81 Å². The van der Waals surface area contributed by atoms with Crippen LogP contribution in [0.1, 0.15) is 175 Å². The van der Waals surface area contributed by atoms with Crippen molar-refractivity contribution in [3.05, 3.63) is 0 Å². The summed E-state index contributed by atoms with van der Waals surface area (Å²) >= 11 is -3.26. The molecule has 1 N–H and O–H groups in total. The number of rotatable bonds is 26. The number of esters is 1. The number of hydrogen-bond acceptors (Lipinski definition) is 5. The Morgan fingerprint density at radius 2 is 1.05 bits per heavy atom. The number of hydrogen-bond donors (Lipinski definition) is 1. The van der Waals surface area contributed by atoms with Crippen LogP contribution < -0.4 is 0 Å². The first-order chi connectivity index (χ1) is 19.5. The van der Waals surface area contributed by atoms with Crippen molar-refractivity contribution in [2.45, 2.75) is 200 Å². The predicted octanol–water partition coefficient (Wildman–Crippen LogP) is 10.2. The Balaban J connectivity index is 2.80. The standard InChI is InChI=1S/C10H16O5.3C8H17.Sn/c11-8(6-9(12)13)10(14)15-7-4-2-1-3-5-7;3*1-3-5-7-8-6-4-2;/h7-8,11H,1-6H2,(H,12,13);3*1,3-8H2,2H3;/q;;;;+1/p-1. The molecule has 0 radical (unpaired) electrons. The van der Waals surface area contributed by atoms with Gasteiger partial charge in [0.15, 0.2) is 0 Å². The maximum absolute atomic E-state index is 13.3. The van der Waals surface area contributed by atoms with E-state index in [9.17, 15) is 14.7 Å². The molecule has 5 nitrogen and oxygen atoms in total. The second kappa shape index (κ2) is 25.2. The van der Waals surface area contributed by atoms with Gasteiger partial charge in [-0.25, -0.2) is 0 Å². The van der Waals surface area contributed by atoms with E-state index in [1.54, 1.807) is 0 Å². The molecule has 1 atom stereocenters. The van der Waals surface area contributed by atoms with Crippen molar-refractivity contribution in [2.24, 2.45) is 0 Å². The van der Waals surface area contributed by atoms with Crippen molar-refractivity contribution >= 4 is 30.7 Å². The molecule has 236 valence electrons. The van der Waals surface area contributed by atoms with Gasteiger partial charge in [-0.15, -0.1) is 0 Å². The van der Waals surface area contributed by atoms with E-state index in [0.29, 0.717) is 0 Å². The molecule has 1 rings (SSSR count). The number of unbranched alkanes of at least 4 members (excludes halogenated alkanes) is 15. The number of ether oxygens (including phenoxy) is 1. The fraction of sp³-hybridized carbons (Fsp3) is 0.941. The van der Waals surface area contributed by atoms with E-state index in [0.717, 1.165) is 58.3 Å². The summed E-state index contributed by atoms with van der Waals surface area (Å²) in [6.45, 7) is 6.75. The van der Waals surface area contributed by atoms with Crippen molar-refractivity contribution in [2.75, 3.05) is 0 Å². The Kier molecular flexibility index (Phi) is 23.8. The zero-order chi connectivity index (χ0) is 29.3. The first kappa shape index (κ1) is 37.7. The molecule has 0 amide bonds. The molecule has 1 aliphatic rings. The van der Waals surface area contributed by atoms with E-state index in [1.807, 2.05) is 0 Å². The molecular formula is C34H66O5Sn. The van der Waals surface area contributed by atoms with Gasteiger partial charge in [-0.1, -0.05) is 0 Å². The summed E-state index contributed by atoms with van der Waals surface area (Å²) in [4.78, 5) is 25.8. The molecule has 1 unspecified atom stereocenters. The van der Waals surface area contributed by atoms with E-state index >= 15 is 0 Å². The Morgan fingerprint density at radius 1 is 0.650 bits per heavy atom. The molecule has 1 fully saturated rings. The molecule has 0 spiro atoms. The Bertz CT molecular complexity index is 579. The Morgan fingerprint density at radius 3 is 1.48 bits per heavy atom. The quantitative estimate of drug-likeness (QED) is 0.0562. The second-order valence-electron chi connectivity index (χ2n) is 12.6. The average molecular weight is 674 g/mol.